The van der Waals surface area contributed by atoms with Gasteiger partial charge in [0.1, 0.15) is 0 Å². The Hall–Kier alpha value is -2.36. The Labute approximate surface area is 151 Å². The molecule has 0 aliphatic heterocycles. The molecule has 3 rings (SSSR count). The topological polar surface area (TPSA) is 12.9 Å². The molecule has 0 amide bonds. The fourth-order valence-electron chi connectivity index (χ4n) is 3.26. The first-order chi connectivity index (χ1) is 12.2. The van der Waals surface area contributed by atoms with Crippen molar-refractivity contribution < 1.29 is 13.2 Å². The van der Waals surface area contributed by atoms with Crippen molar-refractivity contribution in [3.05, 3.63) is 65.2 Å². The maximum Gasteiger partial charge on any atom is 0.391 e. The van der Waals surface area contributed by atoms with E-state index in [4.69, 9.17) is 4.98 Å². The van der Waals surface area contributed by atoms with Crippen LogP contribution in [-0.2, 0) is 6.42 Å². The number of aryl methyl sites for hydroxylation is 3. The van der Waals surface area contributed by atoms with Gasteiger partial charge in [-0.15, -0.1) is 0 Å². The van der Waals surface area contributed by atoms with E-state index in [0.717, 1.165) is 27.7 Å². The molecule has 0 N–H and O–H groups in total. The number of hydrogen-bond acceptors (Lipinski definition) is 1. The smallest absolute Gasteiger partial charge is 0.248 e. The zero-order valence-electron chi connectivity index (χ0n) is 15.2. The number of rotatable bonds is 4. The molecular weight excluding hydrogens is 335 g/mol. The lowest BCUT2D eigenvalue weighted by atomic mass is 9.97. The van der Waals surface area contributed by atoms with Gasteiger partial charge >= 0.3 is 6.18 Å². The largest absolute Gasteiger partial charge is 0.391 e. The lowest BCUT2D eigenvalue weighted by Crippen LogP contribution is -2.20. The van der Waals surface area contributed by atoms with E-state index in [1.54, 1.807) is 0 Å². The molecule has 0 saturated carbocycles. The lowest BCUT2D eigenvalue weighted by molar-refractivity contribution is -0.170. The molecule has 136 valence electrons. The van der Waals surface area contributed by atoms with Gasteiger partial charge in [-0.25, -0.2) is 4.98 Å². The summed E-state index contributed by atoms with van der Waals surface area (Å²) in [4.78, 5) is 4.74. The summed E-state index contributed by atoms with van der Waals surface area (Å²) in [5.74, 6) is -1.31. The Morgan fingerprint density at radius 1 is 0.962 bits per heavy atom. The first kappa shape index (κ1) is 18.4. The van der Waals surface area contributed by atoms with Gasteiger partial charge in [0, 0.05) is 10.9 Å². The maximum absolute atomic E-state index is 12.8. The van der Waals surface area contributed by atoms with E-state index in [9.17, 15) is 13.2 Å². The molecule has 0 aliphatic rings. The standard InChI is InChI=1S/C22H22F3N/c1-14-11-15(2)13-18(12-14)20-10-9-19-17(5-4-6-21(19)26-20)8-7-16(3)22(23,24)25/h4-6,9-13,16H,7-8H2,1-3H3. The van der Waals surface area contributed by atoms with Crippen LogP contribution >= 0.6 is 0 Å². The minimum atomic E-state index is -4.14. The molecule has 0 saturated heterocycles. The van der Waals surface area contributed by atoms with Gasteiger partial charge in [-0.3, -0.25) is 0 Å². The van der Waals surface area contributed by atoms with Crippen LogP contribution < -0.4 is 0 Å². The highest BCUT2D eigenvalue weighted by Crippen LogP contribution is 2.31. The quantitative estimate of drug-likeness (QED) is 0.509. The minimum absolute atomic E-state index is 0.0848. The summed E-state index contributed by atoms with van der Waals surface area (Å²) in [7, 11) is 0. The highest BCUT2D eigenvalue weighted by Gasteiger charge is 2.35. The molecule has 4 heteroatoms. The van der Waals surface area contributed by atoms with Gasteiger partial charge in [0.15, 0.2) is 0 Å². The van der Waals surface area contributed by atoms with Crippen molar-refractivity contribution >= 4 is 10.9 Å². The van der Waals surface area contributed by atoms with Crippen molar-refractivity contribution in [2.45, 2.75) is 39.8 Å². The number of nitrogens with zero attached hydrogens (tertiary/aromatic N) is 1. The first-order valence-corrected chi connectivity index (χ1v) is 8.78. The molecule has 1 atom stereocenters. The number of halogens is 3. The van der Waals surface area contributed by atoms with E-state index in [1.165, 1.54) is 18.1 Å². The number of aromatic nitrogens is 1. The van der Waals surface area contributed by atoms with Crippen LogP contribution in [0, 0.1) is 19.8 Å². The Balaban J connectivity index is 1.92. The third kappa shape index (κ3) is 4.06. The number of hydrogen-bond donors (Lipinski definition) is 0. The number of fused-ring (bicyclic) bond motifs is 1. The highest BCUT2D eigenvalue weighted by atomic mass is 19.4. The van der Waals surface area contributed by atoms with Gasteiger partial charge in [-0.2, -0.15) is 13.2 Å². The third-order valence-corrected chi connectivity index (χ3v) is 4.75. The molecule has 3 aromatic rings. The van der Waals surface area contributed by atoms with Crippen LogP contribution in [-0.4, -0.2) is 11.2 Å². The Morgan fingerprint density at radius 2 is 1.65 bits per heavy atom. The van der Waals surface area contributed by atoms with Crippen molar-refractivity contribution in [1.82, 2.24) is 4.98 Å². The second-order valence-electron chi connectivity index (χ2n) is 7.04. The van der Waals surface area contributed by atoms with E-state index in [0.29, 0.717) is 6.42 Å². The van der Waals surface area contributed by atoms with Crippen molar-refractivity contribution in [2.24, 2.45) is 5.92 Å². The average molecular weight is 357 g/mol. The molecule has 0 fully saturated rings. The molecule has 0 spiro atoms. The zero-order valence-corrected chi connectivity index (χ0v) is 15.2. The Bertz CT molecular complexity index is 908. The predicted molar refractivity (Wildman–Crippen MR) is 100 cm³/mol. The number of pyridine rings is 1. The number of alkyl halides is 3. The van der Waals surface area contributed by atoms with Crippen LogP contribution in [0.1, 0.15) is 30.0 Å². The first-order valence-electron chi connectivity index (χ1n) is 8.78. The molecule has 1 unspecified atom stereocenters. The molecule has 26 heavy (non-hydrogen) atoms. The normalized spacial score (nSPS) is 13.2. The molecular formula is C22H22F3N. The van der Waals surface area contributed by atoms with Crippen molar-refractivity contribution in [1.29, 1.82) is 0 Å². The van der Waals surface area contributed by atoms with E-state index in [1.807, 2.05) is 30.3 Å². The van der Waals surface area contributed by atoms with E-state index < -0.39 is 12.1 Å². The van der Waals surface area contributed by atoms with Crippen LogP contribution in [0.15, 0.2) is 48.5 Å². The monoisotopic (exact) mass is 357 g/mol. The summed E-state index contributed by atoms with van der Waals surface area (Å²) in [6.07, 6.45) is -3.66. The van der Waals surface area contributed by atoms with Gasteiger partial charge in [0.05, 0.1) is 17.1 Å². The molecule has 1 heterocycles. The van der Waals surface area contributed by atoms with Gasteiger partial charge in [0.25, 0.3) is 0 Å². The van der Waals surface area contributed by atoms with Crippen LogP contribution in [0.4, 0.5) is 13.2 Å². The minimum Gasteiger partial charge on any atom is -0.248 e. The molecule has 2 aromatic carbocycles. The van der Waals surface area contributed by atoms with Gasteiger partial charge < -0.3 is 0 Å². The second kappa shape index (κ2) is 7.10. The van der Waals surface area contributed by atoms with Gasteiger partial charge in [0.2, 0.25) is 0 Å². The van der Waals surface area contributed by atoms with Crippen molar-refractivity contribution in [3.8, 4) is 11.3 Å². The van der Waals surface area contributed by atoms with E-state index >= 15 is 0 Å². The highest BCUT2D eigenvalue weighted by molar-refractivity contribution is 5.84. The van der Waals surface area contributed by atoms with E-state index in [-0.39, 0.29) is 6.42 Å². The summed E-state index contributed by atoms with van der Waals surface area (Å²) in [5, 5.41) is 0.926. The predicted octanol–water partition coefficient (Wildman–Crippen LogP) is 6.65. The van der Waals surface area contributed by atoms with Crippen LogP contribution in [0.25, 0.3) is 22.2 Å². The Kier molecular flexibility index (Phi) is 5.03. The van der Waals surface area contributed by atoms with Crippen LogP contribution in [0.3, 0.4) is 0 Å². The fraction of sp³-hybridized carbons (Fsp3) is 0.318. The average Bonchev–Trinajstić information content (AvgIpc) is 2.57. The fourth-order valence-corrected chi connectivity index (χ4v) is 3.26. The summed E-state index contributed by atoms with van der Waals surface area (Å²) < 4.78 is 38.3. The zero-order chi connectivity index (χ0) is 18.9. The summed E-state index contributed by atoms with van der Waals surface area (Å²) in [6, 6.07) is 15.9. The lowest BCUT2D eigenvalue weighted by Gasteiger charge is -2.16. The molecule has 1 nitrogen and oxygen atoms in total. The molecule has 1 aromatic heterocycles. The van der Waals surface area contributed by atoms with Gasteiger partial charge in [-0.05, 0) is 56.5 Å². The van der Waals surface area contributed by atoms with Crippen molar-refractivity contribution in [2.75, 3.05) is 0 Å². The summed E-state index contributed by atoms with van der Waals surface area (Å²) >= 11 is 0. The maximum atomic E-state index is 12.8. The van der Waals surface area contributed by atoms with Crippen molar-refractivity contribution in [3.63, 3.8) is 0 Å². The van der Waals surface area contributed by atoms with Crippen LogP contribution in [0.5, 0.6) is 0 Å². The SMILES string of the molecule is Cc1cc(C)cc(-c2ccc3c(CCC(C)C(F)(F)F)cccc3n2)c1. The van der Waals surface area contributed by atoms with Gasteiger partial charge in [-0.1, -0.05) is 42.3 Å². The third-order valence-electron chi connectivity index (χ3n) is 4.75. The summed E-state index contributed by atoms with van der Waals surface area (Å²) in [5.41, 5.74) is 6.02. The molecule has 0 radical (unpaired) electrons. The Morgan fingerprint density at radius 3 is 2.31 bits per heavy atom. The summed E-state index contributed by atoms with van der Waals surface area (Å²) in [6.45, 7) is 5.34. The molecule has 0 aliphatic carbocycles. The molecule has 0 bridgehead atoms. The van der Waals surface area contributed by atoms with E-state index in [2.05, 4.69) is 32.0 Å². The number of benzene rings is 2. The second-order valence-corrected chi connectivity index (χ2v) is 7.04. The van der Waals surface area contributed by atoms with Crippen LogP contribution in [0.2, 0.25) is 0 Å².